The van der Waals surface area contributed by atoms with Crippen LogP contribution >= 0.6 is 7.82 Å². The summed E-state index contributed by atoms with van der Waals surface area (Å²) in [7, 11) is 1.25. The summed E-state index contributed by atoms with van der Waals surface area (Å²) >= 11 is 0. The molecule has 0 aromatic heterocycles. The molecule has 0 bridgehead atoms. The van der Waals surface area contributed by atoms with Gasteiger partial charge in [-0.2, -0.15) is 0 Å². The van der Waals surface area contributed by atoms with E-state index in [1.165, 1.54) is 238 Å². The number of hydrogen-bond donors (Lipinski definition) is 2. The molecule has 0 fully saturated rings. The Labute approximate surface area is 436 Å². The molecule has 0 aliphatic carbocycles. The number of rotatable bonds is 56. The second kappa shape index (κ2) is 52.6. The maximum Gasteiger partial charge on any atom is 0.268 e. The molecule has 0 spiro atoms. The number of quaternary nitrogens is 1. The number of aliphatic hydroxyl groups excluding tert-OH is 1. The Morgan fingerprint density at radius 2 is 0.800 bits per heavy atom. The first-order valence-corrected chi connectivity index (χ1v) is 31.8. The monoisotopic (exact) mass is 1010 g/mol. The summed E-state index contributed by atoms with van der Waals surface area (Å²) in [5.41, 5.74) is 0. The molecular formula is C61H119N2O6P. The molecule has 0 aromatic rings. The smallest absolute Gasteiger partial charge is 0.268 e. The van der Waals surface area contributed by atoms with Gasteiger partial charge in [-0.1, -0.05) is 269 Å². The Bertz CT molecular complexity index is 1230. The molecule has 0 saturated carbocycles. The summed E-state index contributed by atoms with van der Waals surface area (Å²) in [6.07, 6.45) is 68.1. The molecule has 2 N–H and O–H groups in total. The molecule has 3 atom stereocenters. The van der Waals surface area contributed by atoms with Crippen LogP contribution in [0.5, 0.6) is 0 Å². The van der Waals surface area contributed by atoms with E-state index in [1.54, 1.807) is 6.08 Å². The summed E-state index contributed by atoms with van der Waals surface area (Å²) in [5.74, 6) is -0.203. The first-order valence-electron chi connectivity index (χ1n) is 30.4. The van der Waals surface area contributed by atoms with Gasteiger partial charge in [0.2, 0.25) is 5.91 Å². The van der Waals surface area contributed by atoms with Gasteiger partial charge in [-0.25, -0.2) is 0 Å². The van der Waals surface area contributed by atoms with Crippen molar-refractivity contribution in [1.29, 1.82) is 0 Å². The molecule has 0 aromatic carbocycles. The second-order valence-electron chi connectivity index (χ2n) is 22.0. The predicted octanol–water partition coefficient (Wildman–Crippen LogP) is 17.9. The fourth-order valence-electron chi connectivity index (χ4n) is 9.05. The number of nitrogens with zero attached hydrogens (tertiary/aromatic N) is 1. The van der Waals surface area contributed by atoms with E-state index in [-0.39, 0.29) is 19.1 Å². The van der Waals surface area contributed by atoms with Crippen LogP contribution in [0, 0.1) is 0 Å². The molecule has 0 rings (SSSR count). The zero-order chi connectivity index (χ0) is 51.3. The van der Waals surface area contributed by atoms with Gasteiger partial charge < -0.3 is 28.8 Å². The quantitative estimate of drug-likeness (QED) is 0.0272. The molecule has 9 heteroatoms. The molecule has 0 saturated heterocycles. The summed E-state index contributed by atoms with van der Waals surface area (Å²) < 4.78 is 23.3. The van der Waals surface area contributed by atoms with E-state index >= 15 is 0 Å². The number of unbranched alkanes of at least 4 members (excludes halogenated alkanes) is 39. The number of amides is 1. The van der Waals surface area contributed by atoms with Gasteiger partial charge >= 0.3 is 0 Å². The fraction of sp³-hybridized carbons (Fsp3) is 0.885. The third-order valence-corrected chi connectivity index (χ3v) is 14.8. The molecule has 0 aliphatic heterocycles. The molecule has 414 valence electrons. The number of phosphoric acid groups is 1. The van der Waals surface area contributed by atoms with Crippen molar-refractivity contribution in [3.63, 3.8) is 0 Å². The number of nitrogens with one attached hydrogen (secondary N) is 1. The van der Waals surface area contributed by atoms with Crippen molar-refractivity contribution < 1.29 is 32.9 Å². The number of aliphatic hydroxyl groups is 1. The lowest BCUT2D eigenvalue weighted by molar-refractivity contribution is -0.870. The Balaban J connectivity index is 4.09. The Morgan fingerprint density at radius 3 is 1.16 bits per heavy atom. The van der Waals surface area contributed by atoms with E-state index in [0.29, 0.717) is 17.4 Å². The highest BCUT2D eigenvalue weighted by Crippen LogP contribution is 2.38. The van der Waals surface area contributed by atoms with Crippen LogP contribution in [-0.2, 0) is 18.4 Å². The maximum absolute atomic E-state index is 13.0. The minimum absolute atomic E-state index is 0.00516. The number of allylic oxidation sites excluding steroid dienone is 5. The number of carbonyl (C=O) groups is 1. The lowest BCUT2D eigenvalue weighted by Crippen LogP contribution is -2.45. The first-order chi connectivity index (χ1) is 34.0. The van der Waals surface area contributed by atoms with Crippen molar-refractivity contribution in [2.24, 2.45) is 0 Å². The van der Waals surface area contributed by atoms with Crippen LogP contribution in [0.15, 0.2) is 36.5 Å². The van der Waals surface area contributed by atoms with Crippen LogP contribution in [0.2, 0.25) is 0 Å². The SMILES string of the molecule is CCCCCCCCCCCCC/C=C/CC/C=C/C(O)C(COP(=O)([O-])OCC[N+](C)(C)C)NC(=O)CCCCCCCCCCCCCCCCC/C=C\CCCCCCCCCCCCCC. The van der Waals surface area contributed by atoms with Gasteiger partial charge in [0.1, 0.15) is 13.2 Å². The van der Waals surface area contributed by atoms with Crippen molar-refractivity contribution in [3.05, 3.63) is 36.5 Å². The molecule has 0 heterocycles. The van der Waals surface area contributed by atoms with Crippen molar-refractivity contribution in [3.8, 4) is 0 Å². The summed E-state index contributed by atoms with van der Waals surface area (Å²) in [6.45, 7) is 4.66. The van der Waals surface area contributed by atoms with Crippen LogP contribution in [0.1, 0.15) is 296 Å². The predicted molar refractivity (Wildman–Crippen MR) is 302 cm³/mol. The molecule has 70 heavy (non-hydrogen) atoms. The summed E-state index contributed by atoms with van der Waals surface area (Å²) in [5, 5.41) is 13.9. The van der Waals surface area contributed by atoms with Crippen LogP contribution < -0.4 is 10.2 Å². The zero-order valence-electron chi connectivity index (χ0n) is 47.2. The van der Waals surface area contributed by atoms with Crippen molar-refractivity contribution in [2.75, 3.05) is 40.9 Å². The average molecular weight is 1010 g/mol. The van der Waals surface area contributed by atoms with E-state index in [4.69, 9.17) is 9.05 Å². The van der Waals surface area contributed by atoms with E-state index in [0.717, 1.165) is 38.5 Å². The highest BCUT2D eigenvalue weighted by Gasteiger charge is 2.23. The lowest BCUT2D eigenvalue weighted by Gasteiger charge is -2.29. The van der Waals surface area contributed by atoms with E-state index in [9.17, 15) is 19.4 Å². The number of hydrogen-bond acceptors (Lipinski definition) is 6. The molecule has 8 nitrogen and oxygen atoms in total. The molecule has 0 aliphatic rings. The Morgan fingerprint density at radius 1 is 0.486 bits per heavy atom. The second-order valence-corrected chi connectivity index (χ2v) is 23.5. The van der Waals surface area contributed by atoms with Crippen LogP contribution in [-0.4, -0.2) is 68.5 Å². The minimum atomic E-state index is -4.60. The Kier molecular flexibility index (Phi) is 51.6. The van der Waals surface area contributed by atoms with Gasteiger partial charge in [0, 0.05) is 6.42 Å². The average Bonchev–Trinajstić information content (AvgIpc) is 3.32. The third-order valence-electron chi connectivity index (χ3n) is 13.8. The first kappa shape index (κ1) is 68.7. The minimum Gasteiger partial charge on any atom is -0.756 e. The van der Waals surface area contributed by atoms with Crippen LogP contribution in [0.4, 0.5) is 0 Å². The van der Waals surface area contributed by atoms with E-state index in [2.05, 4.69) is 43.5 Å². The molecule has 3 unspecified atom stereocenters. The fourth-order valence-corrected chi connectivity index (χ4v) is 9.77. The van der Waals surface area contributed by atoms with Gasteiger partial charge in [0.15, 0.2) is 0 Å². The van der Waals surface area contributed by atoms with E-state index in [1.807, 2.05) is 27.2 Å². The standard InChI is InChI=1S/C61H119N2O6P/c1-6-8-10-12-14-16-18-20-22-24-25-26-27-28-29-30-31-32-33-34-35-36-37-39-41-43-45-47-49-51-53-55-61(65)62-59(58-69-70(66,67)68-57-56-63(3,4)5)60(64)54-52-50-48-46-44-42-40-38-23-21-19-17-15-13-11-9-7-2/h28-29,44,46,52,54,59-60,64H,6-27,30-43,45,47-51,53,55-58H2,1-5H3,(H-,62,65,66,67)/b29-28-,46-44+,54-52+. The van der Waals surface area contributed by atoms with Crippen molar-refractivity contribution >= 4 is 13.7 Å². The van der Waals surface area contributed by atoms with Gasteiger partial charge in [0.25, 0.3) is 7.82 Å². The molecule has 1 amide bonds. The normalized spacial score (nSPS) is 14.1. The summed E-state index contributed by atoms with van der Waals surface area (Å²) in [4.78, 5) is 25.5. The third kappa shape index (κ3) is 54.5. The summed E-state index contributed by atoms with van der Waals surface area (Å²) in [6, 6.07) is -0.902. The molecule has 0 radical (unpaired) electrons. The van der Waals surface area contributed by atoms with Gasteiger partial charge in [-0.3, -0.25) is 9.36 Å². The largest absolute Gasteiger partial charge is 0.756 e. The number of phosphoric ester groups is 1. The Hall–Kier alpha value is -1.28. The highest BCUT2D eigenvalue weighted by molar-refractivity contribution is 7.45. The van der Waals surface area contributed by atoms with Crippen molar-refractivity contribution in [1.82, 2.24) is 5.32 Å². The molecular weight excluding hydrogens is 888 g/mol. The van der Waals surface area contributed by atoms with Crippen molar-refractivity contribution in [2.45, 2.75) is 309 Å². The van der Waals surface area contributed by atoms with E-state index < -0.39 is 20.0 Å². The zero-order valence-corrected chi connectivity index (χ0v) is 48.1. The maximum atomic E-state index is 13.0. The number of carbonyl (C=O) groups excluding carboxylic acids is 1. The van der Waals surface area contributed by atoms with Crippen LogP contribution in [0.3, 0.4) is 0 Å². The number of likely N-dealkylation sites (N-methyl/N-ethyl adjacent to an activating group) is 1. The highest BCUT2D eigenvalue weighted by atomic mass is 31.2. The lowest BCUT2D eigenvalue weighted by atomic mass is 10.0. The van der Waals surface area contributed by atoms with Gasteiger partial charge in [-0.15, -0.1) is 0 Å². The van der Waals surface area contributed by atoms with Crippen LogP contribution in [0.25, 0.3) is 0 Å². The topological polar surface area (TPSA) is 108 Å². The van der Waals surface area contributed by atoms with Gasteiger partial charge in [-0.05, 0) is 57.8 Å². The van der Waals surface area contributed by atoms with Gasteiger partial charge in [0.05, 0.1) is 39.9 Å².